The first-order chi connectivity index (χ1) is 6.20. The third-order valence-electron chi connectivity index (χ3n) is 2.26. The lowest BCUT2D eigenvalue weighted by Crippen LogP contribution is -2.04. The molecule has 0 spiro atoms. The number of aromatic hydroxyl groups is 1. The first kappa shape index (κ1) is 10.1. The molecule has 1 aromatic heterocycles. The number of nitrogens with zero attached hydrogens (tertiary/aromatic N) is 2. The van der Waals surface area contributed by atoms with Crippen LogP contribution in [0.2, 0.25) is 0 Å². The highest BCUT2D eigenvalue weighted by molar-refractivity contribution is 5.31. The van der Waals surface area contributed by atoms with Crippen molar-refractivity contribution in [2.24, 2.45) is 0 Å². The van der Waals surface area contributed by atoms with E-state index in [0.29, 0.717) is 5.75 Å². The minimum atomic E-state index is 0.374. The van der Waals surface area contributed by atoms with Gasteiger partial charge in [0.15, 0.2) is 5.75 Å². The van der Waals surface area contributed by atoms with Crippen LogP contribution in [0.1, 0.15) is 38.1 Å². The standard InChI is InChI=1S/C10H18N2O/c1-4-6-7-12-9(5-2)10(13)8(3)11-12/h13H,4-7H2,1-3H3. The minimum absolute atomic E-state index is 0.374. The van der Waals surface area contributed by atoms with Crippen molar-refractivity contribution < 1.29 is 5.11 Å². The number of unbranched alkanes of at least 4 members (excludes halogenated alkanes) is 1. The van der Waals surface area contributed by atoms with Crippen molar-refractivity contribution >= 4 is 0 Å². The molecule has 0 unspecified atom stereocenters. The van der Waals surface area contributed by atoms with Crippen molar-refractivity contribution in [3.8, 4) is 5.75 Å². The molecule has 0 aromatic carbocycles. The van der Waals surface area contributed by atoms with Crippen LogP contribution in [0.3, 0.4) is 0 Å². The zero-order valence-corrected chi connectivity index (χ0v) is 8.67. The Balaban J connectivity index is 2.86. The summed E-state index contributed by atoms with van der Waals surface area (Å²) >= 11 is 0. The van der Waals surface area contributed by atoms with Crippen LogP contribution in [0.15, 0.2) is 0 Å². The van der Waals surface area contributed by atoms with Gasteiger partial charge in [-0.2, -0.15) is 5.10 Å². The minimum Gasteiger partial charge on any atom is -0.504 e. The number of hydrogen-bond acceptors (Lipinski definition) is 2. The third-order valence-corrected chi connectivity index (χ3v) is 2.26. The highest BCUT2D eigenvalue weighted by atomic mass is 16.3. The van der Waals surface area contributed by atoms with Crippen LogP contribution >= 0.6 is 0 Å². The Labute approximate surface area is 79.4 Å². The normalized spacial score (nSPS) is 10.7. The van der Waals surface area contributed by atoms with Gasteiger partial charge in [0.05, 0.1) is 5.69 Å². The van der Waals surface area contributed by atoms with E-state index in [9.17, 15) is 5.11 Å². The fourth-order valence-electron chi connectivity index (χ4n) is 1.46. The molecule has 0 aliphatic carbocycles. The molecule has 3 nitrogen and oxygen atoms in total. The lowest BCUT2D eigenvalue weighted by Gasteiger charge is -2.03. The van der Waals surface area contributed by atoms with E-state index < -0.39 is 0 Å². The first-order valence-corrected chi connectivity index (χ1v) is 4.95. The summed E-state index contributed by atoms with van der Waals surface area (Å²) in [5, 5.41) is 13.9. The molecule has 0 saturated heterocycles. The fraction of sp³-hybridized carbons (Fsp3) is 0.700. The Morgan fingerprint density at radius 2 is 2.08 bits per heavy atom. The summed E-state index contributed by atoms with van der Waals surface area (Å²) in [6.45, 7) is 6.96. The van der Waals surface area contributed by atoms with Gasteiger partial charge in [-0.25, -0.2) is 0 Å². The summed E-state index contributed by atoms with van der Waals surface area (Å²) in [5.74, 6) is 0.374. The molecule has 1 N–H and O–H groups in total. The largest absolute Gasteiger partial charge is 0.504 e. The average Bonchev–Trinajstić information content (AvgIpc) is 2.39. The van der Waals surface area contributed by atoms with Gasteiger partial charge >= 0.3 is 0 Å². The second-order valence-electron chi connectivity index (χ2n) is 3.31. The second kappa shape index (κ2) is 4.30. The van der Waals surface area contributed by atoms with Gasteiger partial charge in [0.25, 0.3) is 0 Å². The predicted molar refractivity (Wildman–Crippen MR) is 52.9 cm³/mol. The van der Waals surface area contributed by atoms with Crippen LogP contribution < -0.4 is 0 Å². The summed E-state index contributed by atoms with van der Waals surface area (Å²) in [6.07, 6.45) is 3.12. The molecule has 0 radical (unpaired) electrons. The summed E-state index contributed by atoms with van der Waals surface area (Å²) in [4.78, 5) is 0. The van der Waals surface area contributed by atoms with E-state index in [2.05, 4.69) is 12.0 Å². The lowest BCUT2D eigenvalue weighted by molar-refractivity contribution is 0.459. The Bertz CT molecular complexity index is 279. The molecule has 74 valence electrons. The van der Waals surface area contributed by atoms with Crippen LogP contribution in [0, 0.1) is 6.92 Å². The molecular weight excluding hydrogens is 164 g/mol. The Morgan fingerprint density at radius 1 is 1.38 bits per heavy atom. The Morgan fingerprint density at radius 3 is 2.62 bits per heavy atom. The molecule has 0 saturated carbocycles. The van der Waals surface area contributed by atoms with E-state index in [4.69, 9.17) is 0 Å². The van der Waals surface area contributed by atoms with Crippen molar-refractivity contribution in [2.45, 2.75) is 46.6 Å². The van der Waals surface area contributed by atoms with Gasteiger partial charge < -0.3 is 5.11 Å². The van der Waals surface area contributed by atoms with Crippen LogP contribution in [-0.2, 0) is 13.0 Å². The van der Waals surface area contributed by atoms with E-state index in [1.54, 1.807) is 0 Å². The molecular formula is C10H18N2O. The summed E-state index contributed by atoms with van der Waals surface area (Å²) in [6, 6.07) is 0. The van der Waals surface area contributed by atoms with Crippen LogP contribution in [0.5, 0.6) is 5.75 Å². The summed E-state index contributed by atoms with van der Waals surface area (Å²) in [5.41, 5.74) is 1.71. The number of aryl methyl sites for hydroxylation is 2. The predicted octanol–water partition coefficient (Wildman–Crippen LogP) is 2.26. The topological polar surface area (TPSA) is 38.0 Å². The fourth-order valence-corrected chi connectivity index (χ4v) is 1.46. The molecule has 1 rings (SSSR count). The van der Waals surface area contributed by atoms with E-state index in [1.807, 2.05) is 18.5 Å². The van der Waals surface area contributed by atoms with Gasteiger partial charge in [0.2, 0.25) is 0 Å². The summed E-state index contributed by atoms with van der Waals surface area (Å²) in [7, 11) is 0. The van der Waals surface area contributed by atoms with Gasteiger partial charge in [-0.1, -0.05) is 20.3 Å². The first-order valence-electron chi connectivity index (χ1n) is 4.95. The molecule has 13 heavy (non-hydrogen) atoms. The number of aromatic nitrogens is 2. The second-order valence-corrected chi connectivity index (χ2v) is 3.31. The molecule has 0 aliphatic rings. The van der Waals surface area contributed by atoms with Crippen molar-refractivity contribution in [2.75, 3.05) is 0 Å². The lowest BCUT2D eigenvalue weighted by atomic mass is 10.2. The number of hydrogen-bond donors (Lipinski definition) is 1. The Kier molecular flexibility index (Phi) is 3.34. The van der Waals surface area contributed by atoms with Crippen molar-refractivity contribution in [3.05, 3.63) is 11.4 Å². The van der Waals surface area contributed by atoms with Crippen LogP contribution in [-0.4, -0.2) is 14.9 Å². The maximum absolute atomic E-state index is 9.63. The highest BCUT2D eigenvalue weighted by Gasteiger charge is 2.11. The third kappa shape index (κ3) is 2.02. The van der Waals surface area contributed by atoms with Gasteiger partial charge in [0, 0.05) is 6.54 Å². The molecule has 0 amide bonds. The van der Waals surface area contributed by atoms with Crippen molar-refractivity contribution in [3.63, 3.8) is 0 Å². The SMILES string of the molecule is CCCCn1nc(C)c(O)c1CC. The van der Waals surface area contributed by atoms with E-state index >= 15 is 0 Å². The molecule has 3 heteroatoms. The van der Waals surface area contributed by atoms with Gasteiger partial charge in [0.1, 0.15) is 5.69 Å². The maximum atomic E-state index is 9.63. The number of rotatable bonds is 4. The molecule has 0 bridgehead atoms. The summed E-state index contributed by atoms with van der Waals surface area (Å²) < 4.78 is 1.92. The van der Waals surface area contributed by atoms with Crippen molar-refractivity contribution in [1.29, 1.82) is 0 Å². The zero-order chi connectivity index (χ0) is 9.84. The van der Waals surface area contributed by atoms with E-state index in [-0.39, 0.29) is 0 Å². The molecule has 0 aliphatic heterocycles. The van der Waals surface area contributed by atoms with E-state index in [1.165, 1.54) is 0 Å². The van der Waals surface area contributed by atoms with Crippen molar-refractivity contribution in [1.82, 2.24) is 9.78 Å². The van der Waals surface area contributed by atoms with Crippen LogP contribution in [0.25, 0.3) is 0 Å². The molecule has 1 aromatic rings. The molecule has 1 heterocycles. The Hall–Kier alpha value is -0.990. The van der Waals surface area contributed by atoms with Gasteiger partial charge in [-0.15, -0.1) is 0 Å². The average molecular weight is 182 g/mol. The molecule has 0 fully saturated rings. The monoisotopic (exact) mass is 182 g/mol. The zero-order valence-electron chi connectivity index (χ0n) is 8.67. The quantitative estimate of drug-likeness (QED) is 0.775. The highest BCUT2D eigenvalue weighted by Crippen LogP contribution is 2.21. The van der Waals surface area contributed by atoms with Gasteiger partial charge in [-0.05, 0) is 19.8 Å². The van der Waals surface area contributed by atoms with Gasteiger partial charge in [-0.3, -0.25) is 4.68 Å². The molecule has 0 atom stereocenters. The smallest absolute Gasteiger partial charge is 0.159 e. The maximum Gasteiger partial charge on any atom is 0.159 e. The van der Waals surface area contributed by atoms with Crippen LogP contribution in [0.4, 0.5) is 0 Å². The van der Waals surface area contributed by atoms with E-state index in [0.717, 1.165) is 37.2 Å².